The third-order valence-electron chi connectivity index (χ3n) is 6.25. The summed E-state index contributed by atoms with van der Waals surface area (Å²) in [6.45, 7) is 0.895. The molecule has 39 heavy (non-hydrogen) atoms. The Morgan fingerprint density at radius 1 is 1.05 bits per heavy atom. The molecule has 0 spiro atoms. The average molecular weight is 540 g/mol. The van der Waals surface area contributed by atoms with E-state index in [1.165, 1.54) is 12.1 Å². The van der Waals surface area contributed by atoms with Crippen molar-refractivity contribution in [1.82, 2.24) is 5.32 Å². The van der Waals surface area contributed by atoms with Crippen LogP contribution in [0, 0.1) is 11.7 Å². The fourth-order valence-corrected chi connectivity index (χ4v) is 3.98. The van der Waals surface area contributed by atoms with Gasteiger partial charge in [0.05, 0.1) is 11.7 Å². The van der Waals surface area contributed by atoms with Crippen LogP contribution < -0.4 is 22.1 Å². The third kappa shape index (κ3) is 7.75. The lowest BCUT2D eigenvalue weighted by atomic mass is 9.97. The number of benzene rings is 3. The second kappa shape index (κ2) is 12.2. The fourth-order valence-electron chi connectivity index (χ4n) is 3.98. The minimum atomic E-state index is -4.85. The van der Waals surface area contributed by atoms with Crippen molar-refractivity contribution in [2.24, 2.45) is 22.4 Å². The summed E-state index contributed by atoms with van der Waals surface area (Å²) in [5, 5.41) is 6.01. The molecule has 0 saturated heterocycles. The molecule has 1 aliphatic carbocycles. The number of anilines is 1. The first-order valence-corrected chi connectivity index (χ1v) is 12.4. The Morgan fingerprint density at radius 3 is 2.49 bits per heavy atom. The lowest BCUT2D eigenvalue weighted by molar-refractivity contribution is -0.110. The smallest absolute Gasteiger partial charge is 0.395 e. The number of allylic oxidation sites excluding steroid dienone is 1. The van der Waals surface area contributed by atoms with Crippen LogP contribution in [0.5, 0.6) is 0 Å². The lowest BCUT2D eigenvalue weighted by Crippen LogP contribution is -2.27. The van der Waals surface area contributed by atoms with Gasteiger partial charge in [0.15, 0.2) is 0 Å². The van der Waals surface area contributed by atoms with E-state index in [9.17, 15) is 22.4 Å². The monoisotopic (exact) mass is 539 g/mol. The summed E-state index contributed by atoms with van der Waals surface area (Å²) in [5.74, 6) is -0.738. The van der Waals surface area contributed by atoms with E-state index in [0.29, 0.717) is 40.9 Å². The van der Waals surface area contributed by atoms with Gasteiger partial charge in [0, 0.05) is 17.8 Å². The summed E-state index contributed by atoms with van der Waals surface area (Å²) in [7, 11) is 0. The zero-order valence-corrected chi connectivity index (χ0v) is 21.0. The number of halogens is 4. The van der Waals surface area contributed by atoms with Gasteiger partial charge in [-0.05, 0) is 72.8 Å². The van der Waals surface area contributed by atoms with Gasteiger partial charge in [-0.25, -0.2) is 9.38 Å². The van der Waals surface area contributed by atoms with E-state index < -0.39 is 29.5 Å². The summed E-state index contributed by atoms with van der Waals surface area (Å²) >= 11 is 0. The molecule has 204 valence electrons. The Labute approximate surface area is 223 Å². The van der Waals surface area contributed by atoms with Gasteiger partial charge in [-0.1, -0.05) is 42.5 Å². The number of alkyl halides is 3. The molecule has 0 aliphatic heterocycles. The fraction of sp³-hybridized carbons (Fsp3) is 0.241. The van der Waals surface area contributed by atoms with E-state index in [0.717, 1.165) is 12.8 Å². The summed E-state index contributed by atoms with van der Waals surface area (Å²) < 4.78 is 54.3. The first-order chi connectivity index (χ1) is 18.6. The molecule has 4 rings (SSSR count). The molecular formula is C29H29F4N5O. The van der Waals surface area contributed by atoms with Crippen LogP contribution >= 0.6 is 0 Å². The van der Waals surface area contributed by atoms with E-state index in [2.05, 4.69) is 15.6 Å². The first-order valence-electron chi connectivity index (χ1n) is 12.4. The van der Waals surface area contributed by atoms with Crippen molar-refractivity contribution in [3.8, 4) is 0 Å². The quantitative estimate of drug-likeness (QED) is 0.202. The molecule has 6 nitrogen and oxygen atoms in total. The molecule has 3 aromatic rings. The minimum Gasteiger partial charge on any atom is -0.395 e. The molecular weight excluding hydrogens is 510 g/mol. The van der Waals surface area contributed by atoms with Crippen molar-refractivity contribution >= 4 is 23.0 Å². The Morgan fingerprint density at radius 2 is 1.79 bits per heavy atom. The molecule has 1 atom stereocenters. The Hall–Kier alpha value is -4.02. The van der Waals surface area contributed by atoms with Gasteiger partial charge in [-0.2, -0.15) is 13.2 Å². The first kappa shape index (κ1) is 28.0. The topological polar surface area (TPSA) is 106 Å². The molecule has 3 aromatic carbocycles. The van der Waals surface area contributed by atoms with Gasteiger partial charge in [-0.3, -0.25) is 4.79 Å². The molecule has 1 amide bonds. The van der Waals surface area contributed by atoms with Crippen molar-refractivity contribution in [2.45, 2.75) is 31.6 Å². The van der Waals surface area contributed by atoms with Crippen LogP contribution in [0.15, 0.2) is 89.6 Å². The van der Waals surface area contributed by atoms with Gasteiger partial charge < -0.3 is 22.1 Å². The number of nitrogens with one attached hydrogen (secondary N) is 2. The number of hydrogen-bond acceptors (Lipinski definition) is 5. The largest absolute Gasteiger partial charge is 0.430 e. The van der Waals surface area contributed by atoms with Crippen molar-refractivity contribution in [3.63, 3.8) is 0 Å². The van der Waals surface area contributed by atoms with Gasteiger partial charge in [0.2, 0.25) is 0 Å². The van der Waals surface area contributed by atoms with Gasteiger partial charge in [0.1, 0.15) is 17.2 Å². The number of amides is 1. The molecule has 0 bridgehead atoms. The summed E-state index contributed by atoms with van der Waals surface area (Å²) in [5.41, 5.74) is 11.2. The van der Waals surface area contributed by atoms with Gasteiger partial charge in [0.25, 0.3) is 5.91 Å². The number of carbonyl (C=O) groups is 1. The number of carbonyl (C=O) groups excluding carboxylic acids is 1. The Kier molecular flexibility index (Phi) is 8.78. The third-order valence-corrected chi connectivity index (χ3v) is 6.25. The van der Waals surface area contributed by atoms with Crippen molar-refractivity contribution in [3.05, 3.63) is 107 Å². The highest BCUT2D eigenvalue weighted by Gasteiger charge is 2.32. The Balaban J connectivity index is 1.64. The maximum Gasteiger partial charge on any atom is 0.430 e. The highest BCUT2D eigenvalue weighted by molar-refractivity contribution is 6.47. The van der Waals surface area contributed by atoms with Crippen LogP contribution in [0.1, 0.15) is 35.6 Å². The second-order valence-electron chi connectivity index (χ2n) is 9.35. The average Bonchev–Trinajstić information content (AvgIpc) is 3.74. The summed E-state index contributed by atoms with van der Waals surface area (Å²) in [6, 6.07) is 19.1. The number of aliphatic imine (C=N–C) groups is 1. The summed E-state index contributed by atoms with van der Waals surface area (Å²) in [4.78, 5) is 17.3. The van der Waals surface area contributed by atoms with Gasteiger partial charge >= 0.3 is 6.18 Å². The van der Waals surface area contributed by atoms with E-state index in [-0.39, 0.29) is 18.0 Å². The number of rotatable bonds is 10. The second-order valence-corrected chi connectivity index (χ2v) is 9.35. The van der Waals surface area contributed by atoms with Gasteiger partial charge in [-0.15, -0.1) is 0 Å². The zero-order valence-electron chi connectivity index (χ0n) is 21.0. The molecule has 10 heteroatoms. The number of nitrogens with two attached hydrogens (primary N) is 2. The predicted octanol–water partition coefficient (Wildman–Crippen LogP) is 5.49. The van der Waals surface area contributed by atoms with Crippen LogP contribution in [0.3, 0.4) is 0 Å². The van der Waals surface area contributed by atoms with E-state index in [1.807, 2.05) is 0 Å². The zero-order chi connectivity index (χ0) is 28.0. The molecule has 1 fully saturated rings. The Bertz CT molecular complexity index is 1380. The van der Waals surface area contributed by atoms with E-state index in [1.54, 1.807) is 60.7 Å². The summed E-state index contributed by atoms with van der Waals surface area (Å²) in [6.07, 6.45) is -2.14. The maximum absolute atomic E-state index is 14.7. The van der Waals surface area contributed by atoms with Crippen LogP contribution in [0.2, 0.25) is 0 Å². The van der Waals surface area contributed by atoms with Crippen molar-refractivity contribution in [2.75, 3.05) is 11.9 Å². The predicted molar refractivity (Wildman–Crippen MR) is 144 cm³/mol. The van der Waals surface area contributed by atoms with Crippen LogP contribution in [0.4, 0.5) is 28.9 Å². The standard InChI is InChI=1S/C29H29F4N5O/c30-24-10-2-1-9-23(24)27(36-17-18-11-12-18)20-6-4-8-22(14-20)38-28(39)25(15-26(35)29(31,32)33)37-21-7-3-5-19(13-21)16-34/h1-10,13-15,18,27,36H,11-12,16-17,34-35H2,(H,38,39)/b26-15-,37-25?. The minimum absolute atomic E-state index is 0.191. The highest BCUT2D eigenvalue weighted by Crippen LogP contribution is 2.31. The molecule has 0 aromatic heterocycles. The van der Waals surface area contributed by atoms with Crippen LogP contribution in [-0.4, -0.2) is 24.3 Å². The van der Waals surface area contributed by atoms with Crippen molar-refractivity contribution < 1.29 is 22.4 Å². The molecule has 1 unspecified atom stereocenters. The highest BCUT2D eigenvalue weighted by atomic mass is 19.4. The van der Waals surface area contributed by atoms with E-state index >= 15 is 0 Å². The maximum atomic E-state index is 14.7. The molecule has 1 saturated carbocycles. The lowest BCUT2D eigenvalue weighted by Gasteiger charge is -2.21. The van der Waals surface area contributed by atoms with Crippen LogP contribution in [0.25, 0.3) is 0 Å². The molecule has 1 aliphatic rings. The molecule has 6 N–H and O–H groups in total. The molecule has 0 heterocycles. The number of hydrogen-bond donors (Lipinski definition) is 4. The van der Waals surface area contributed by atoms with Crippen LogP contribution in [-0.2, 0) is 11.3 Å². The number of nitrogens with zero attached hydrogens (tertiary/aromatic N) is 1. The van der Waals surface area contributed by atoms with Crippen molar-refractivity contribution in [1.29, 1.82) is 0 Å². The van der Waals surface area contributed by atoms with E-state index in [4.69, 9.17) is 11.5 Å². The normalized spacial score (nSPS) is 15.2. The SMILES string of the molecule is NCc1cccc(N=C(/C=C(\N)C(F)(F)F)C(=O)Nc2cccc(C(NCC3CC3)c3ccccc3F)c2)c1. The molecule has 0 radical (unpaired) electrons.